The van der Waals surface area contributed by atoms with Crippen LogP contribution in [0.3, 0.4) is 0 Å². The first-order valence-corrected chi connectivity index (χ1v) is 6.67. The van der Waals surface area contributed by atoms with Crippen molar-refractivity contribution < 1.29 is 14.3 Å². The van der Waals surface area contributed by atoms with E-state index in [1.807, 2.05) is 13.8 Å². The van der Waals surface area contributed by atoms with E-state index >= 15 is 0 Å². The molecular formula is C14H19N3O3. The molecule has 0 aromatic heterocycles. The van der Waals surface area contributed by atoms with Gasteiger partial charge in [-0.25, -0.2) is 0 Å². The topological polar surface area (TPSA) is 75.9 Å². The van der Waals surface area contributed by atoms with Crippen LogP contribution in [0, 0.1) is 0 Å². The van der Waals surface area contributed by atoms with Crippen LogP contribution in [-0.2, 0) is 9.59 Å². The van der Waals surface area contributed by atoms with Crippen LogP contribution in [0.2, 0.25) is 0 Å². The van der Waals surface area contributed by atoms with Crippen molar-refractivity contribution in [3.05, 3.63) is 18.2 Å². The first-order valence-electron chi connectivity index (χ1n) is 6.67. The molecule has 6 heteroatoms. The van der Waals surface area contributed by atoms with Crippen LogP contribution in [0.5, 0.6) is 5.75 Å². The van der Waals surface area contributed by atoms with Crippen LogP contribution in [0.1, 0.15) is 13.8 Å². The summed E-state index contributed by atoms with van der Waals surface area (Å²) in [6.45, 7) is 4.97. The molecule has 1 aromatic carbocycles. The number of rotatable bonds is 4. The maximum atomic E-state index is 12.2. The van der Waals surface area contributed by atoms with Crippen LogP contribution >= 0.6 is 0 Å². The van der Waals surface area contributed by atoms with Crippen LogP contribution in [0.25, 0.3) is 0 Å². The molecule has 0 saturated carbocycles. The predicted molar refractivity (Wildman–Crippen MR) is 76.6 cm³/mol. The van der Waals surface area contributed by atoms with Crippen LogP contribution in [0.15, 0.2) is 18.2 Å². The number of nitrogens with two attached hydrogens (primary N) is 1. The molecule has 20 heavy (non-hydrogen) atoms. The minimum Gasteiger partial charge on any atom is -0.481 e. The number of anilines is 2. The predicted octanol–water partition coefficient (Wildman–Crippen LogP) is 0.863. The molecule has 0 unspecified atom stereocenters. The van der Waals surface area contributed by atoms with Gasteiger partial charge in [-0.1, -0.05) is 6.07 Å². The summed E-state index contributed by atoms with van der Waals surface area (Å²) in [5.41, 5.74) is 6.84. The molecule has 1 aliphatic rings. The third kappa shape index (κ3) is 2.54. The van der Waals surface area contributed by atoms with Gasteiger partial charge < -0.3 is 15.4 Å². The highest BCUT2D eigenvalue weighted by atomic mass is 16.5. The maximum Gasteiger partial charge on any atom is 0.265 e. The average Bonchev–Trinajstić information content (AvgIpc) is 2.43. The van der Waals surface area contributed by atoms with Gasteiger partial charge >= 0.3 is 0 Å². The molecule has 0 bridgehead atoms. The Labute approximate surface area is 118 Å². The standard InChI is InChI=1S/C14H19N3O3/c1-3-16(4-2)12(18)8-17-13(19)9-20-11-7-5-6-10(15)14(11)17/h5-7H,3-4,8-9,15H2,1-2H3. The molecule has 1 aliphatic heterocycles. The van der Waals surface area contributed by atoms with Gasteiger partial charge in [0.05, 0.1) is 5.69 Å². The lowest BCUT2D eigenvalue weighted by atomic mass is 10.2. The van der Waals surface area contributed by atoms with Gasteiger partial charge in [0.25, 0.3) is 5.91 Å². The van der Waals surface area contributed by atoms with Crippen molar-refractivity contribution in [3.8, 4) is 5.75 Å². The summed E-state index contributed by atoms with van der Waals surface area (Å²) in [5, 5.41) is 0. The number of para-hydroxylation sites is 1. The Balaban J connectivity index is 2.28. The van der Waals surface area contributed by atoms with E-state index in [0.717, 1.165) is 0 Å². The summed E-state index contributed by atoms with van der Waals surface area (Å²) in [6.07, 6.45) is 0. The summed E-state index contributed by atoms with van der Waals surface area (Å²) in [5.74, 6) is 0.187. The number of carbonyl (C=O) groups excluding carboxylic acids is 2. The molecule has 2 rings (SSSR count). The molecule has 0 atom stereocenters. The normalized spacial score (nSPS) is 13.7. The number of likely N-dealkylation sites (N-methyl/N-ethyl adjacent to an activating group) is 1. The largest absolute Gasteiger partial charge is 0.481 e. The monoisotopic (exact) mass is 277 g/mol. The van der Waals surface area contributed by atoms with E-state index in [0.29, 0.717) is 30.2 Å². The lowest BCUT2D eigenvalue weighted by Gasteiger charge is -2.31. The molecule has 6 nitrogen and oxygen atoms in total. The number of carbonyl (C=O) groups is 2. The van der Waals surface area contributed by atoms with E-state index in [2.05, 4.69) is 0 Å². The molecular weight excluding hydrogens is 258 g/mol. The third-order valence-corrected chi connectivity index (χ3v) is 3.36. The number of nitrogen functional groups attached to an aromatic ring is 1. The van der Waals surface area contributed by atoms with E-state index in [9.17, 15) is 9.59 Å². The minimum atomic E-state index is -0.254. The highest BCUT2D eigenvalue weighted by Gasteiger charge is 2.29. The quantitative estimate of drug-likeness (QED) is 0.828. The fourth-order valence-electron chi connectivity index (χ4n) is 2.27. The summed E-state index contributed by atoms with van der Waals surface area (Å²) >= 11 is 0. The van der Waals surface area contributed by atoms with Crippen LogP contribution in [0.4, 0.5) is 11.4 Å². The second-order valence-corrected chi connectivity index (χ2v) is 4.53. The lowest BCUT2D eigenvalue weighted by molar-refractivity contribution is -0.131. The van der Waals surface area contributed by atoms with Crippen molar-refractivity contribution in [2.45, 2.75) is 13.8 Å². The SMILES string of the molecule is CCN(CC)C(=O)CN1C(=O)COc2cccc(N)c21. The molecule has 1 aromatic rings. The Hall–Kier alpha value is -2.24. The van der Waals surface area contributed by atoms with Crippen molar-refractivity contribution >= 4 is 23.2 Å². The molecule has 2 N–H and O–H groups in total. The smallest absolute Gasteiger partial charge is 0.265 e. The van der Waals surface area contributed by atoms with E-state index in [1.54, 1.807) is 23.1 Å². The summed E-state index contributed by atoms with van der Waals surface area (Å²) in [7, 11) is 0. The van der Waals surface area contributed by atoms with Crippen LogP contribution in [-0.4, -0.2) is 43.0 Å². The first kappa shape index (κ1) is 14.2. The van der Waals surface area contributed by atoms with Crippen molar-refractivity contribution in [3.63, 3.8) is 0 Å². The Bertz CT molecular complexity index is 526. The highest BCUT2D eigenvalue weighted by Crippen LogP contribution is 2.36. The second-order valence-electron chi connectivity index (χ2n) is 4.53. The van der Waals surface area contributed by atoms with Gasteiger partial charge in [0.1, 0.15) is 18.0 Å². The number of amides is 2. The highest BCUT2D eigenvalue weighted by molar-refractivity contribution is 6.04. The fraction of sp³-hybridized carbons (Fsp3) is 0.429. The van der Waals surface area contributed by atoms with Gasteiger partial charge in [-0.2, -0.15) is 0 Å². The molecule has 108 valence electrons. The Morgan fingerprint density at radius 2 is 2.10 bits per heavy atom. The summed E-state index contributed by atoms with van der Waals surface area (Å²) < 4.78 is 5.35. The summed E-state index contributed by atoms with van der Waals surface area (Å²) in [4.78, 5) is 27.3. The van der Waals surface area contributed by atoms with Crippen molar-refractivity contribution in [1.82, 2.24) is 4.90 Å². The summed E-state index contributed by atoms with van der Waals surface area (Å²) in [6, 6.07) is 5.19. The molecule has 1 heterocycles. The van der Waals surface area contributed by atoms with E-state index in [-0.39, 0.29) is 25.0 Å². The molecule has 2 amide bonds. The van der Waals surface area contributed by atoms with Gasteiger partial charge in [-0.3, -0.25) is 14.5 Å². The molecule has 0 radical (unpaired) electrons. The number of ether oxygens (including phenoxy) is 1. The third-order valence-electron chi connectivity index (χ3n) is 3.36. The molecule has 0 spiro atoms. The van der Waals surface area contributed by atoms with Gasteiger partial charge in [-0.15, -0.1) is 0 Å². The zero-order chi connectivity index (χ0) is 14.7. The van der Waals surface area contributed by atoms with Crippen molar-refractivity contribution in [1.29, 1.82) is 0 Å². The van der Waals surface area contributed by atoms with E-state index in [4.69, 9.17) is 10.5 Å². The maximum absolute atomic E-state index is 12.2. The van der Waals surface area contributed by atoms with Crippen molar-refractivity contribution in [2.75, 3.05) is 36.9 Å². The minimum absolute atomic E-state index is 0.00884. The molecule has 0 saturated heterocycles. The average molecular weight is 277 g/mol. The van der Waals surface area contributed by atoms with Crippen LogP contribution < -0.4 is 15.4 Å². The fourth-order valence-corrected chi connectivity index (χ4v) is 2.27. The first-order chi connectivity index (χ1) is 9.58. The van der Waals surface area contributed by atoms with E-state index in [1.165, 1.54) is 4.90 Å². The number of benzene rings is 1. The number of nitrogens with zero attached hydrogens (tertiary/aromatic N) is 2. The number of fused-ring (bicyclic) bond motifs is 1. The van der Waals surface area contributed by atoms with Gasteiger partial charge in [0.15, 0.2) is 6.61 Å². The zero-order valence-corrected chi connectivity index (χ0v) is 11.8. The second kappa shape index (κ2) is 5.81. The zero-order valence-electron chi connectivity index (χ0n) is 11.8. The van der Waals surface area contributed by atoms with Crippen molar-refractivity contribution in [2.24, 2.45) is 0 Å². The number of hydrogen-bond acceptors (Lipinski definition) is 4. The van der Waals surface area contributed by atoms with Gasteiger partial charge in [0, 0.05) is 13.1 Å². The number of hydrogen-bond donors (Lipinski definition) is 1. The molecule has 0 fully saturated rings. The van der Waals surface area contributed by atoms with E-state index < -0.39 is 0 Å². The Morgan fingerprint density at radius 3 is 2.75 bits per heavy atom. The Morgan fingerprint density at radius 1 is 1.40 bits per heavy atom. The van der Waals surface area contributed by atoms with Gasteiger partial charge in [0.2, 0.25) is 5.91 Å². The molecule has 0 aliphatic carbocycles. The lowest BCUT2D eigenvalue weighted by Crippen LogP contribution is -2.46. The Kier molecular flexibility index (Phi) is 4.12. The van der Waals surface area contributed by atoms with Gasteiger partial charge in [-0.05, 0) is 26.0 Å².